The minimum absolute atomic E-state index is 0.365. The smallest absolute Gasteiger partial charge is 0.159 e. The highest BCUT2D eigenvalue weighted by molar-refractivity contribution is 6.02. The lowest BCUT2D eigenvalue weighted by Gasteiger charge is -2.29. The molecular formula is C20H21N7. The van der Waals surface area contributed by atoms with E-state index in [1.54, 1.807) is 0 Å². The molecule has 0 aromatic carbocycles. The zero-order valence-electron chi connectivity index (χ0n) is 15.2. The van der Waals surface area contributed by atoms with Gasteiger partial charge in [-0.2, -0.15) is 10.4 Å². The van der Waals surface area contributed by atoms with Crippen LogP contribution in [0.1, 0.15) is 43.8 Å². The SMILES string of the molecule is Cc1cc(-c2nc3cnc4[nH]ccc4c3n2C2CCC(CC#N)CC2)[nH]n1. The summed E-state index contributed by atoms with van der Waals surface area (Å²) < 4.78 is 2.38. The van der Waals surface area contributed by atoms with Gasteiger partial charge in [0, 0.05) is 24.0 Å². The van der Waals surface area contributed by atoms with E-state index in [9.17, 15) is 0 Å². The highest BCUT2D eigenvalue weighted by Gasteiger charge is 2.27. The Morgan fingerprint density at radius 1 is 1.30 bits per heavy atom. The van der Waals surface area contributed by atoms with Crippen molar-refractivity contribution in [3.05, 3.63) is 30.2 Å². The second-order valence-corrected chi connectivity index (χ2v) is 7.50. The summed E-state index contributed by atoms with van der Waals surface area (Å²) in [6.07, 6.45) is 8.73. The second kappa shape index (κ2) is 6.23. The molecule has 1 aliphatic carbocycles. The number of hydrogen-bond donors (Lipinski definition) is 2. The third-order valence-corrected chi connectivity index (χ3v) is 5.74. The van der Waals surface area contributed by atoms with Crippen molar-refractivity contribution in [2.24, 2.45) is 5.92 Å². The summed E-state index contributed by atoms with van der Waals surface area (Å²) >= 11 is 0. The predicted molar refractivity (Wildman–Crippen MR) is 103 cm³/mol. The number of fused-ring (bicyclic) bond motifs is 3. The molecule has 0 spiro atoms. The fraction of sp³-hybridized carbons (Fsp3) is 0.400. The minimum atomic E-state index is 0.365. The van der Waals surface area contributed by atoms with Crippen LogP contribution in [0.15, 0.2) is 24.5 Å². The van der Waals surface area contributed by atoms with E-state index >= 15 is 0 Å². The summed E-state index contributed by atoms with van der Waals surface area (Å²) in [5, 5.41) is 17.5. The molecule has 0 radical (unpaired) electrons. The van der Waals surface area contributed by atoms with Crippen LogP contribution >= 0.6 is 0 Å². The van der Waals surface area contributed by atoms with Gasteiger partial charge < -0.3 is 9.55 Å². The molecule has 27 heavy (non-hydrogen) atoms. The first-order chi connectivity index (χ1) is 13.2. The molecule has 1 saturated carbocycles. The van der Waals surface area contributed by atoms with Crippen molar-refractivity contribution in [1.29, 1.82) is 5.26 Å². The molecule has 5 rings (SSSR count). The number of H-pyrrole nitrogens is 2. The summed E-state index contributed by atoms with van der Waals surface area (Å²) in [5.41, 5.74) is 4.81. The van der Waals surface area contributed by atoms with E-state index in [2.05, 4.69) is 36.9 Å². The first-order valence-corrected chi connectivity index (χ1v) is 9.48. The van der Waals surface area contributed by atoms with Crippen molar-refractivity contribution in [2.45, 2.75) is 45.1 Å². The molecule has 0 saturated heterocycles. The lowest BCUT2D eigenvalue weighted by atomic mass is 9.84. The van der Waals surface area contributed by atoms with Crippen LogP contribution in [0, 0.1) is 24.2 Å². The van der Waals surface area contributed by atoms with Gasteiger partial charge in [0.2, 0.25) is 0 Å². The Kier molecular flexibility index (Phi) is 3.71. The van der Waals surface area contributed by atoms with Crippen LogP contribution in [0.25, 0.3) is 33.6 Å². The van der Waals surface area contributed by atoms with Crippen molar-refractivity contribution in [2.75, 3.05) is 0 Å². The Balaban J connectivity index is 1.68. The fourth-order valence-corrected chi connectivity index (χ4v) is 4.41. The maximum atomic E-state index is 9.01. The third-order valence-electron chi connectivity index (χ3n) is 5.74. The Bertz CT molecular complexity index is 1150. The van der Waals surface area contributed by atoms with Crippen LogP contribution in [0.3, 0.4) is 0 Å². The molecule has 0 aliphatic heterocycles. The standard InChI is InChI=1S/C20H21N7/c1-12-10-16(26-25-12)20-24-17-11-23-19-15(7-9-22-19)18(17)27(20)14-4-2-13(3-5-14)6-8-21/h7,9-11,13-14H,2-6H2,1H3,(H,22,23)(H,25,26). The highest BCUT2D eigenvalue weighted by atomic mass is 15.2. The number of aromatic amines is 2. The van der Waals surface area contributed by atoms with Gasteiger partial charge in [0.25, 0.3) is 0 Å². The van der Waals surface area contributed by atoms with E-state index in [1.807, 2.05) is 25.4 Å². The molecule has 4 aromatic heterocycles. The van der Waals surface area contributed by atoms with Crippen molar-refractivity contribution >= 4 is 22.1 Å². The number of nitrogens with one attached hydrogen (secondary N) is 2. The van der Waals surface area contributed by atoms with E-state index in [4.69, 9.17) is 10.2 Å². The third kappa shape index (κ3) is 2.60. The first kappa shape index (κ1) is 16.1. The Labute approximate surface area is 156 Å². The van der Waals surface area contributed by atoms with E-state index in [-0.39, 0.29) is 0 Å². The Hall–Kier alpha value is -3.14. The number of nitrogens with zero attached hydrogens (tertiary/aromatic N) is 5. The summed E-state index contributed by atoms with van der Waals surface area (Å²) in [5.74, 6) is 1.44. The molecule has 0 bridgehead atoms. The van der Waals surface area contributed by atoms with Gasteiger partial charge in [0.15, 0.2) is 5.82 Å². The summed E-state index contributed by atoms with van der Waals surface area (Å²) in [6, 6.07) is 6.82. The van der Waals surface area contributed by atoms with Crippen molar-refractivity contribution in [3.63, 3.8) is 0 Å². The van der Waals surface area contributed by atoms with Crippen molar-refractivity contribution in [1.82, 2.24) is 29.7 Å². The normalized spacial score (nSPS) is 20.3. The minimum Gasteiger partial charge on any atom is -0.346 e. The molecular weight excluding hydrogens is 338 g/mol. The van der Waals surface area contributed by atoms with Gasteiger partial charge in [-0.3, -0.25) is 5.10 Å². The van der Waals surface area contributed by atoms with Gasteiger partial charge in [-0.15, -0.1) is 0 Å². The molecule has 0 amide bonds. The van der Waals surface area contributed by atoms with Gasteiger partial charge in [-0.05, 0) is 50.7 Å². The lowest BCUT2D eigenvalue weighted by molar-refractivity contribution is 0.283. The fourth-order valence-electron chi connectivity index (χ4n) is 4.41. The molecule has 7 heteroatoms. The molecule has 7 nitrogen and oxygen atoms in total. The molecule has 4 heterocycles. The van der Waals surface area contributed by atoms with Crippen LogP contribution in [0.2, 0.25) is 0 Å². The predicted octanol–water partition coefficient (Wildman–Crippen LogP) is 4.26. The Morgan fingerprint density at radius 3 is 2.89 bits per heavy atom. The molecule has 1 fully saturated rings. The Morgan fingerprint density at radius 2 is 2.15 bits per heavy atom. The topological polar surface area (TPSA) is 99.0 Å². The summed E-state index contributed by atoms with van der Waals surface area (Å²) in [7, 11) is 0. The van der Waals surface area contributed by atoms with Gasteiger partial charge in [0.1, 0.15) is 16.9 Å². The van der Waals surface area contributed by atoms with Crippen LogP contribution in [0.5, 0.6) is 0 Å². The number of pyridine rings is 1. The number of aromatic nitrogens is 6. The van der Waals surface area contributed by atoms with E-state index in [0.717, 1.165) is 65.0 Å². The van der Waals surface area contributed by atoms with Crippen molar-refractivity contribution in [3.8, 4) is 17.6 Å². The summed E-state index contributed by atoms with van der Waals surface area (Å²) in [6.45, 7) is 1.98. The maximum Gasteiger partial charge on any atom is 0.159 e. The zero-order chi connectivity index (χ0) is 18.4. The maximum absolute atomic E-state index is 9.01. The van der Waals surface area contributed by atoms with Gasteiger partial charge in [-0.25, -0.2) is 9.97 Å². The molecule has 1 aliphatic rings. The molecule has 0 unspecified atom stereocenters. The lowest BCUT2D eigenvalue weighted by Crippen LogP contribution is -2.19. The van der Waals surface area contributed by atoms with Gasteiger partial charge in [-0.1, -0.05) is 0 Å². The van der Waals surface area contributed by atoms with E-state index in [0.29, 0.717) is 18.4 Å². The number of aryl methyl sites for hydroxylation is 1. The number of hydrogen-bond acceptors (Lipinski definition) is 4. The molecule has 136 valence electrons. The van der Waals surface area contributed by atoms with Gasteiger partial charge >= 0.3 is 0 Å². The van der Waals surface area contributed by atoms with Crippen LogP contribution in [-0.4, -0.2) is 29.7 Å². The number of rotatable bonds is 3. The van der Waals surface area contributed by atoms with Crippen LogP contribution in [0.4, 0.5) is 0 Å². The number of imidazole rings is 1. The highest BCUT2D eigenvalue weighted by Crippen LogP contribution is 2.39. The van der Waals surface area contributed by atoms with E-state index < -0.39 is 0 Å². The number of nitriles is 1. The molecule has 2 N–H and O–H groups in total. The molecule has 4 aromatic rings. The van der Waals surface area contributed by atoms with E-state index in [1.165, 1.54) is 0 Å². The van der Waals surface area contributed by atoms with Crippen molar-refractivity contribution < 1.29 is 0 Å². The summed E-state index contributed by atoms with van der Waals surface area (Å²) in [4.78, 5) is 12.6. The second-order valence-electron chi connectivity index (χ2n) is 7.50. The van der Waals surface area contributed by atoms with Crippen LogP contribution in [-0.2, 0) is 0 Å². The monoisotopic (exact) mass is 359 g/mol. The molecule has 0 atom stereocenters. The zero-order valence-corrected chi connectivity index (χ0v) is 15.2. The average molecular weight is 359 g/mol. The van der Waals surface area contributed by atoms with Crippen LogP contribution < -0.4 is 0 Å². The van der Waals surface area contributed by atoms with Gasteiger partial charge in [0.05, 0.1) is 23.5 Å². The average Bonchev–Trinajstić information content (AvgIpc) is 3.39. The first-order valence-electron chi connectivity index (χ1n) is 9.48. The largest absolute Gasteiger partial charge is 0.346 e. The quantitative estimate of drug-likeness (QED) is 0.571.